The first-order valence-electron chi connectivity index (χ1n) is 6.83. The van der Waals surface area contributed by atoms with Crippen LogP contribution in [0.4, 0.5) is 4.39 Å². The lowest BCUT2D eigenvalue weighted by Crippen LogP contribution is -2.27. The minimum absolute atomic E-state index is 0.0168. The Morgan fingerprint density at radius 2 is 1.68 bits per heavy atom. The van der Waals surface area contributed by atoms with Gasteiger partial charge in [-0.2, -0.15) is 0 Å². The average Bonchev–Trinajstić information content (AvgIpc) is 2.36. The van der Waals surface area contributed by atoms with Crippen molar-refractivity contribution < 1.29 is 4.39 Å². The fourth-order valence-corrected chi connectivity index (χ4v) is 2.00. The van der Waals surface area contributed by atoms with E-state index in [2.05, 4.69) is 30.9 Å². The van der Waals surface area contributed by atoms with Gasteiger partial charge in [0.15, 0.2) is 0 Å². The molecule has 108 valence electrons. The van der Waals surface area contributed by atoms with Gasteiger partial charge < -0.3 is 15.5 Å². The van der Waals surface area contributed by atoms with Crippen molar-refractivity contribution in [3.05, 3.63) is 35.6 Å². The summed E-state index contributed by atoms with van der Waals surface area (Å²) in [6, 6.07) is 6.46. The first-order valence-corrected chi connectivity index (χ1v) is 6.83. The smallest absolute Gasteiger partial charge is 0.123 e. The number of rotatable bonds is 8. The molecule has 1 rings (SSSR count). The van der Waals surface area contributed by atoms with Gasteiger partial charge in [-0.1, -0.05) is 12.1 Å². The Labute approximate surface area is 116 Å². The van der Waals surface area contributed by atoms with E-state index in [0.717, 1.165) is 38.0 Å². The van der Waals surface area contributed by atoms with E-state index in [4.69, 9.17) is 5.73 Å². The molecule has 0 amide bonds. The number of benzene rings is 1. The van der Waals surface area contributed by atoms with Crippen LogP contribution in [0.1, 0.15) is 24.4 Å². The van der Waals surface area contributed by atoms with Gasteiger partial charge in [0, 0.05) is 6.04 Å². The maximum absolute atomic E-state index is 12.8. The predicted molar refractivity (Wildman–Crippen MR) is 78.6 cm³/mol. The van der Waals surface area contributed by atoms with Crippen LogP contribution in [-0.4, -0.2) is 50.6 Å². The lowest BCUT2D eigenvalue weighted by atomic mass is 10.0. The molecule has 19 heavy (non-hydrogen) atoms. The van der Waals surface area contributed by atoms with Crippen LogP contribution in [0, 0.1) is 5.82 Å². The molecule has 4 heteroatoms. The Morgan fingerprint density at radius 3 is 2.26 bits per heavy atom. The Hall–Kier alpha value is -0.970. The molecule has 0 bridgehead atoms. The van der Waals surface area contributed by atoms with Gasteiger partial charge in [-0.05, 0) is 71.3 Å². The molecule has 3 nitrogen and oxygen atoms in total. The molecule has 1 aromatic rings. The van der Waals surface area contributed by atoms with Gasteiger partial charge in [-0.25, -0.2) is 4.39 Å². The van der Waals surface area contributed by atoms with Gasteiger partial charge in [0.05, 0.1) is 0 Å². The van der Waals surface area contributed by atoms with E-state index in [1.165, 1.54) is 12.1 Å². The molecular weight excluding hydrogens is 241 g/mol. The van der Waals surface area contributed by atoms with E-state index in [0.29, 0.717) is 0 Å². The van der Waals surface area contributed by atoms with Crippen LogP contribution < -0.4 is 5.73 Å². The van der Waals surface area contributed by atoms with Crippen LogP contribution in [0.2, 0.25) is 0 Å². The van der Waals surface area contributed by atoms with Gasteiger partial charge in [0.1, 0.15) is 5.82 Å². The quantitative estimate of drug-likeness (QED) is 0.783. The Bertz CT molecular complexity index is 351. The summed E-state index contributed by atoms with van der Waals surface area (Å²) in [5, 5.41) is 0. The number of nitrogens with zero attached hydrogens (tertiary/aromatic N) is 2. The van der Waals surface area contributed by atoms with Crippen molar-refractivity contribution >= 4 is 0 Å². The second-order valence-corrected chi connectivity index (χ2v) is 5.41. The van der Waals surface area contributed by atoms with Crippen LogP contribution in [-0.2, 0) is 0 Å². The van der Waals surface area contributed by atoms with Crippen molar-refractivity contribution in [2.75, 3.05) is 40.8 Å². The van der Waals surface area contributed by atoms with Crippen molar-refractivity contribution in [2.24, 2.45) is 5.73 Å². The molecule has 0 saturated carbocycles. The second-order valence-electron chi connectivity index (χ2n) is 5.41. The number of halogens is 1. The first kappa shape index (κ1) is 16.1. The fraction of sp³-hybridized carbons (Fsp3) is 0.600. The molecule has 0 saturated heterocycles. The molecule has 2 N–H and O–H groups in total. The predicted octanol–water partition coefficient (Wildman–Crippen LogP) is 2.10. The molecular formula is C15H26FN3. The Balaban J connectivity index is 2.25. The Morgan fingerprint density at radius 1 is 1.05 bits per heavy atom. The van der Waals surface area contributed by atoms with Gasteiger partial charge in [-0.3, -0.25) is 0 Å². The lowest BCUT2D eigenvalue weighted by molar-refractivity contribution is 0.291. The summed E-state index contributed by atoms with van der Waals surface area (Å²) in [5.41, 5.74) is 7.12. The molecule has 0 aromatic heterocycles. The van der Waals surface area contributed by atoms with Gasteiger partial charge in [-0.15, -0.1) is 0 Å². The first-order chi connectivity index (χ1) is 8.99. The highest BCUT2D eigenvalue weighted by molar-refractivity contribution is 5.19. The minimum Gasteiger partial charge on any atom is -0.324 e. The molecule has 0 aliphatic carbocycles. The summed E-state index contributed by atoms with van der Waals surface area (Å²) >= 11 is 0. The highest BCUT2D eigenvalue weighted by atomic mass is 19.1. The number of nitrogens with two attached hydrogens (primary N) is 1. The van der Waals surface area contributed by atoms with E-state index in [1.807, 2.05) is 0 Å². The van der Waals surface area contributed by atoms with Crippen molar-refractivity contribution in [3.63, 3.8) is 0 Å². The van der Waals surface area contributed by atoms with Gasteiger partial charge in [0.25, 0.3) is 0 Å². The van der Waals surface area contributed by atoms with E-state index in [9.17, 15) is 4.39 Å². The topological polar surface area (TPSA) is 32.5 Å². The highest BCUT2D eigenvalue weighted by Crippen LogP contribution is 2.14. The summed E-state index contributed by atoms with van der Waals surface area (Å²) in [7, 11) is 6.29. The van der Waals surface area contributed by atoms with Crippen molar-refractivity contribution in [1.82, 2.24) is 9.80 Å². The van der Waals surface area contributed by atoms with Crippen LogP contribution in [0.5, 0.6) is 0 Å². The van der Waals surface area contributed by atoms with Crippen LogP contribution in [0.25, 0.3) is 0 Å². The molecule has 0 aliphatic rings. The number of hydrogen-bond acceptors (Lipinski definition) is 3. The molecule has 0 aliphatic heterocycles. The maximum Gasteiger partial charge on any atom is 0.123 e. The molecule has 1 aromatic carbocycles. The van der Waals surface area contributed by atoms with Gasteiger partial charge >= 0.3 is 0 Å². The summed E-state index contributed by atoms with van der Waals surface area (Å²) in [4.78, 5) is 4.49. The van der Waals surface area contributed by atoms with Crippen LogP contribution in [0.3, 0.4) is 0 Å². The molecule has 1 atom stereocenters. The molecule has 0 radical (unpaired) electrons. The number of hydrogen-bond donors (Lipinski definition) is 1. The average molecular weight is 267 g/mol. The van der Waals surface area contributed by atoms with E-state index >= 15 is 0 Å². The van der Waals surface area contributed by atoms with Crippen LogP contribution >= 0.6 is 0 Å². The van der Waals surface area contributed by atoms with Crippen molar-refractivity contribution in [1.29, 1.82) is 0 Å². The maximum atomic E-state index is 12.8. The summed E-state index contributed by atoms with van der Waals surface area (Å²) in [6.07, 6.45) is 2.05. The zero-order valence-electron chi connectivity index (χ0n) is 12.3. The van der Waals surface area contributed by atoms with Gasteiger partial charge in [0.2, 0.25) is 0 Å². The standard InChI is InChI=1S/C15H26FN3/c1-18(2)10-4-11-19(3)12-9-15(17)13-5-7-14(16)8-6-13/h5-8,15H,4,9-12,17H2,1-3H3. The summed E-state index contributed by atoms with van der Waals surface area (Å²) in [6.45, 7) is 3.15. The van der Waals surface area contributed by atoms with E-state index in [-0.39, 0.29) is 11.9 Å². The second kappa shape index (κ2) is 8.25. The van der Waals surface area contributed by atoms with Crippen LogP contribution in [0.15, 0.2) is 24.3 Å². The zero-order valence-corrected chi connectivity index (χ0v) is 12.3. The normalized spacial score (nSPS) is 13.2. The van der Waals surface area contributed by atoms with E-state index < -0.39 is 0 Å². The van der Waals surface area contributed by atoms with E-state index in [1.54, 1.807) is 12.1 Å². The minimum atomic E-state index is -0.211. The summed E-state index contributed by atoms with van der Waals surface area (Å²) in [5.74, 6) is -0.211. The largest absolute Gasteiger partial charge is 0.324 e. The third kappa shape index (κ3) is 6.66. The zero-order chi connectivity index (χ0) is 14.3. The highest BCUT2D eigenvalue weighted by Gasteiger charge is 2.07. The molecule has 0 spiro atoms. The molecule has 1 unspecified atom stereocenters. The molecule has 0 fully saturated rings. The van der Waals surface area contributed by atoms with Crippen molar-refractivity contribution in [3.8, 4) is 0 Å². The fourth-order valence-electron chi connectivity index (χ4n) is 2.00. The van der Waals surface area contributed by atoms with Crippen molar-refractivity contribution in [2.45, 2.75) is 18.9 Å². The monoisotopic (exact) mass is 267 g/mol. The SMILES string of the molecule is CN(C)CCCN(C)CCC(N)c1ccc(F)cc1. The molecule has 0 heterocycles. The third-order valence-electron chi connectivity index (χ3n) is 3.27. The third-order valence-corrected chi connectivity index (χ3v) is 3.27. The Kier molecular flexibility index (Phi) is 6.99. The summed E-state index contributed by atoms with van der Waals surface area (Å²) < 4.78 is 12.8. The lowest BCUT2D eigenvalue weighted by Gasteiger charge is -2.20.